The van der Waals surface area contributed by atoms with Crippen LogP contribution in [0.2, 0.25) is 0 Å². The van der Waals surface area contributed by atoms with Gasteiger partial charge < -0.3 is 19.7 Å². The van der Waals surface area contributed by atoms with Gasteiger partial charge in [0.1, 0.15) is 18.1 Å². The minimum Gasteiger partial charge on any atom is -0.489 e. The fraction of sp³-hybridized carbons (Fsp3) is 0.286. The molecule has 2 N–H and O–H groups in total. The molecule has 0 aliphatic rings. The van der Waals surface area contributed by atoms with Gasteiger partial charge in [-0.1, -0.05) is 30.6 Å². The molecule has 1 aromatic heterocycles. The van der Waals surface area contributed by atoms with Crippen molar-refractivity contribution in [2.75, 3.05) is 6.61 Å². The van der Waals surface area contributed by atoms with Crippen LogP contribution in [0.4, 0.5) is 0 Å². The summed E-state index contributed by atoms with van der Waals surface area (Å²) in [6.07, 6.45) is 2.92. The fourth-order valence-corrected chi connectivity index (χ4v) is 2.55. The molecule has 0 bridgehead atoms. The molecule has 2 aromatic carbocycles. The van der Waals surface area contributed by atoms with E-state index in [-0.39, 0.29) is 6.61 Å². The number of carbonyl (C=O) groups excluding carboxylic acids is 1. The minimum atomic E-state index is -0.513. The van der Waals surface area contributed by atoms with Crippen molar-refractivity contribution < 1.29 is 18.8 Å². The number of rotatable bonds is 10. The Balaban J connectivity index is 1.56. The highest BCUT2D eigenvalue weighted by Gasteiger charge is 2.08. The van der Waals surface area contributed by atoms with Gasteiger partial charge in [0.2, 0.25) is 11.7 Å². The number of nitrogens with zero attached hydrogens (tertiary/aromatic N) is 2. The minimum absolute atomic E-state index is 0.151. The zero-order valence-electron chi connectivity index (χ0n) is 15.8. The van der Waals surface area contributed by atoms with Gasteiger partial charge in [-0.05, 0) is 48.4 Å². The lowest BCUT2D eigenvalue weighted by atomic mass is 10.2. The maximum atomic E-state index is 10.8. The third-order valence-electron chi connectivity index (χ3n) is 4.01. The molecule has 3 aromatic rings. The summed E-state index contributed by atoms with van der Waals surface area (Å²) in [5.41, 5.74) is 6.88. The number of amides is 1. The van der Waals surface area contributed by atoms with Gasteiger partial charge in [0.15, 0.2) is 6.61 Å². The molecule has 28 heavy (non-hydrogen) atoms. The second-order valence-corrected chi connectivity index (χ2v) is 6.33. The summed E-state index contributed by atoms with van der Waals surface area (Å²) in [7, 11) is 0. The van der Waals surface area contributed by atoms with Crippen molar-refractivity contribution in [3.05, 3.63) is 60.0 Å². The first kappa shape index (κ1) is 19.4. The Morgan fingerprint density at radius 3 is 2.68 bits per heavy atom. The van der Waals surface area contributed by atoms with Crippen LogP contribution in [0, 0.1) is 0 Å². The summed E-state index contributed by atoms with van der Waals surface area (Å²) < 4.78 is 16.4. The Labute approximate surface area is 163 Å². The summed E-state index contributed by atoms with van der Waals surface area (Å²) in [6.45, 7) is 2.35. The van der Waals surface area contributed by atoms with Crippen LogP contribution < -0.4 is 15.2 Å². The smallest absolute Gasteiger partial charge is 0.255 e. The molecule has 7 nitrogen and oxygen atoms in total. The van der Waals surface area contributed by atoms with Crippen molar-refractivity contribution in [2.45, 2.75) is 32.8 Å². The van der Waals surface area contributed by atoms with Crippen molar-refractivity contribution >= 4 is 5.91 Å². The van der Waals surface area contributed by atoms with E-state index in [1.165, 1.54) is 0 Å². The van der Waals surface area contributed by atoms with Crippen LogP contribution in [0.1, 0.15) is 31.2 Å². The molecule has 0 aliphatic carbocycles. The monoisotopic (exact) mass is 381 g/mol. The third-order valence-corrected chi connectivity index (χ3v) is 4.01. The van der Waals surface area contributed by atoms with E-state index in [9.17, 15) is 4.79 Å². The van der Waals surface area contributed by atoms with Gasteiger partial charge in [-0.25, -0.2) is 0 Å². The van der Waals surface area contributed by atoms with Crippen molar-refractivity contribution in [1.29, 1.82) is 0 Å². The zero-order chi connectivity index (χ0) is 19.8. The highest BCUT2D eigenvalue weighted by Crippen LogP contribution is 2.22. The molecule has 0 spiro atoms. The lowest BCUT2D eigenvalue weighted by Gasteiger charge is -2.09. The highest BCUT2D eigenvalue weighted by molar-refractivity contribution is 5.75. The summed E-state index contributed by atoms with van der Waals surface area (Å²) in [4.78, 5) is 15.2. The molecular formula is C21H23N3O4. The molecule has 146 valence electrons. The van der Waals surface area contributed by atoms with Crippen LogP contribution in [0.15, 0.2) is 53.1 Å². The predicted molar refractivity (Wildman–Crippen MR) is 104 cm³/mol. The molecule has 0 saturated heterocycles. The molecular weight excluding hydrogens is 358 g/mol. The van der Waals surface area contributed by atoms with Crippen LogP contribution in [0.5, 0.6) is 11.5 Å². The number of ether oxygens (including phenoxy) is 2. The van der Waals surface area contributed by atoms with Gasteiger partial charge in [-0.3, -0.25) is 4.79 Å². The van der Waals surface area contributed by atoms with E-state index in [4.69, 9.17) is 19.7 Å². The maximum Gasteiger partial charge on any atom is 0.255 e. The third kappa shape index (κ3) is 5.57. The second-order valence-electron chi connectivity index (χ2n) is 6.33. The highest BCUT2D eigenvalue weighted by atomic mass is 16.5. The van der Waals surface area contributed by atoms with Crippen molar-refractivity contribution in [1.82, 2.24) is 10.1 Å². The van der Waals surface area contributed by atoms with Crippen LogP contribution in [0.25, 0.3) is 11.4 Å². The predicted octanol–water partition coefficient (Wildman–Crippen LogP) is 3.52. The number of aromatic nitrogens is 2. The second kappa shape index (κ2) is 9.55. The first-order chi connectivity index (χ1) is 13.6. The number of hydrogen-bond donors (Lipinski definition) is 1. The Bertz CT molecular complexity index is 906. The van der Waals surface area contributed by atoms with Gasteiger partial charge >= 0.3 is 0 Å². The number of nitrogens with two attached hydrogens (primary N) is 1. The number of benzene rings is 2. The fourth-order valence-electron chi connectivity index (χ4n) is 2.55. The number of carbonyl (C=O) groups is 1. The molecule has 7 heteroatoms. The van der Waals surface area contributed by atoms with Gasteiger partial charge in [0.25, 0.3) is 5.91 Å². The van der Waals surface area contributed by atoms with Crippen LogP contribution in [-0.2, 0) is 17.8 Å². The summed E-state index contributed by atoms with van der Waals surface area (Å²) in [5.74, 6) is 2.03. The van der Waals surface area contributed by atoms with E-state index in [1.54, 1.807) is 6.07 Å². The first-order valence-electron chi connectivity index (χ1n) is 9.20. The molecule has 0 saturated carbocycles. The maximum absolute atomic E-state index is 10.8. The molecule has 0 unspecified atom stereocenters. The number of aryl methyl sites for hydroxylation is 1. The van der Waals surface area contributed by atoms with Crippen LogP contribution >= 0.6 is 0 Å². The Hall–Kier alpha value is -3.35. The average molecular weight is 381 g/mol. The quantitative estimate of drug-likeness (QED) is 0.577. The van der Waals surface area contributed by atoms with Crippen LogP contribution in [-0.4, -0.2) is 22.7 Å². The largest absolute Gasteiger partial charge is 0.489 e. The summed E-state index contributed by atoms with van der Waals surface area (Å²) in [5, 5.41) is 4.03. The van der Waals surface area contributed by atoms with Crippen LogP contribution in [0.3, 0.4) is 0 Å². The van der Waals surface area contributed by atoms with Crippen molar-refractivity contribution in [3.63, 3.8) is 0 Å². The summed E-state index contributed by atoms with van der Waals surface area (Å²) >= 11 is 0. The van der Waals surface area contributed by atoms with Gasteiger partial charge in [0, 0.05) is 12.0 Å². The van der Waals surface area contributed by atoms with Gasteiger partial charge in [-0.2, -0.15) is 4.98 Å². The first-order valence-corrected chi connectivity index (χ1v) is 9.20. The topological polar surface area (TPSA) is 100 Å². The van der Waals surface area contributed by atoms with E-state index in [0.717, 1.165) is 36.1 Å². The number of unbranched alkanes of at least 4 members (excludes halogenated alkanes) is 1. The van der Waals surface area contributed by atoms with E-state index in [0.29, 0.717) is 24.1 Å². The molecule has 3 rings (SSSR count). The number of primary amides is 1. The molecule has 1 amide bonds. The Kier molecular flexibility index (Phi) is 6.62. The Morgan fingerprint density at radius 2 is 1.93 bits per heavy atom. The molecule has 0 radical (unpaired) electrons. The van der Waals surface area contributed by atoms with E-state index < -0.39 is 5.91 Å². The van der Waals surface area contributed by atoms with Gasteiger partial charge in [0.05, 0.1) is 0 Å². The summed E-state index contributed by atoms with van der Waals surface area (Å²) in [6, 6.07) is 14.9. The van der Waals surface area contributed by atoms with E-state index in [1.807, 2.05) is 42.5 Å². The van der Waals surface area contributed by atoms with E-state index >= 15 is 0 Å². The molecule has 0 aliphatic heterocycles. The van der Waals surface area contributed by atoms with Crippen molar-refractivity contribution in [2.24, 2.45) is 5.73 Å². The van der Waals surface area contributed by atoms with E-state index in [2.05, 4.69) is 17.1 Å². The van der Waals surface area contributed by atoms with Gasteiger partial charge in [-0.15, -0.1) is 0 Å². The standard InChI is InChI=1S/C21H23N3O4/c1-2-3-7-20-23-21(24-28-20)16-8-10-17(11-9-16)26-13-15-5-4-6-18(12-15)27-14-19(22)25/h4-6,8-12H,2-3,7,13-14H2,1H3,(H2,22,25). The normalized spacial score (nSPS) is 10.6. The molecule has 0 atom stereocenters. The zero-order valence-corrected chi connectivity index (χ0v) is 15.8. The SMILES string of the molecule is CCCCc1nc(-c2ccc(OCc3cccc(OCC(N)=O)c3)cc2)no1. The lowest BCUT2D eigenvalue weighted by Crippen LogP contribution is -2.20. The van der Waals surface area contributed by atoms with Crippen molar-refractivity contribution in [3.8, 4) is 22.9 Å². The average Bonchev–Trinajstić information content (AvgIpc) is 3.19. The molecule has 0 fully saturated rings. The number of hydrogen-bond acceptors (Lipinski definition) is 6. The Morgan fingerprint density at radius 1 is 1.11 bits per heavy atom. The molecule has 1 heterocycles. The lowest BCUT2D eigenvalue weighted by molar-refractivity contribution is -0.119.